The number of thiazole rings is 4. The van der Waals surface area contributed by atoms with Crippen molar-refractivity contribution in [1.82, 2.24) is 19.9 Å². The van der Waals surface area contributed by atoms with Crippen LogP contribution in [-0.4, -0.2) is 158 Å². The molecular formula is C71H88BrClN7NaO18S11. The van der Waals surface area contributed by atoms with Gasteiger partial charge in [-0.25, -0.2) is 34.3 Å². The SMILES string of the molecule is C.CCOC(=O)C(=O)CBr.CCOC(=O)c1csc(-c2cccs2)n1.CO.COC(=O)CCCCCC(=O)c1csc(-c2cccs2)n1.COC(=O)CCCCN.Cl.NC(=O)c1cccs1.NC(=S)c1cccs1.O=C(CO)CCCCCC(=O)c1csc(-c2cccs2)n1.O=C(O)c1csc(-c2cccs2)n1.[Na+].[OH-]. The second kappa shape index (κ2) is 66.2. The van der Waals surface area contributed by atoms with Crippen LogP contribution >= 0.6 is 154 Å². The Labute approximate surface area is 721 Å². The Bertz CT molecular complexity index is 3970. The Kier molecular flexibility index (Phi) is 64.9. The molecule has 0 aliphatic carbocycles. The average molecular weight is 1820 g/mol. The van der Waals surface area contributed by atoms with Gasteiger partial charge in [0.15, 0.2) is 28.7 Å². The van der Waals surface area contributed by atoms with Crippen LogP contribution in [0.2, 0.25) is 0 Å². The topological polar surface area (TPSA) is 428 Å². The van der Waals surface area contributed by atoms with E-state index in [0.29, 0.717) is 72.2 Å². The number of aromatic carboxylic acids is 1. The number of alkyl halides is 1. The van der Waals surface area contributed by atoms with E-state index in [1.54, 1.807) is 93.4 Å². The first kappa shape index (κ1) is 108. The summed E-state index contributed by atoms with van der Waals surface area (Å²) in [6.07, 6.45) is 8.67. The number of aliphatic hydroxyl groups is 2. The van der Waals surface area contributed by atoms with Crippen molar-refractivity contribution in [2.75, 3.05) is 53.0 Å². The summed E-state index contributed by atoms with van der Waals surface area (Å²) in [5.74, 6) is -3.33. The largest absolute Gasteiger partial charge is 1.00 e. The van der Waals surface area contributed by atoms with Gasteiger partial charge in [0, 0.05) is 60.7 Å². The number of hydrogen-bond acceptors (Lipinski definition) is 33. The number of nitrogens with zero attached hydrogens (tertiary/aromatic N) is 4. The minimum Gasteiger partial charge on any atom is -0.870 e. The zero-order chi connectivity index (χ0) is 78.4. The fraction of sp³-hybridized carbons (Fsp3) is 0.338. The van der Waals surface area contributed by atoms with Gasteiger partial charge >= 0.3 is 59.4 Å². The number of aromatic nitrogens is 4. The summed E-state index contributed by atoms with van der Waals surface area (Å²) in [5.41, 5.74) is 17.0. The van der Waals surface area contributed by atoms with Gasteiger partial charge in [-0.3, -0.25) is 33.6 Å². The summed E-state index contributed by atoms with van der Waals surface area (Å²) in [6, 6.07) is 23.1. The summed E-state index contributed by atoms with van der Waals surface area (Å²) in [5, 5.41) is 46.3. The molecule has 0 bridgehead atoms. The minimum atomic E-state index is -0.973. The molecule has 0 aliphatic rings. The monoisotopic (exact) mass is 1820 g/mol. The van der Waals surface area contributed by atoms with Crippen LogP contribution in [0.5, 0.6) is 0 Å². The van der Waals surface area contributed by atoms with E-state index in [9.17, 15) is 47.9 Å². The number of carbonyl (C=O) groups excluding carboxylic acids is 9. The number of nitrogens with two attached hydrogens (primary N) is 3. The van der Waals surface area contributed by atoms with Crippen LogP contribution in [0.15, 0.2) is 127 Å². The van der Waals surface area contributed by atoms with Gasteiger partial charge in [0.1, 0.15) is 43.0 Å². The van der Waals surface area contributed by atoms with Crippen molar-refractivity contribution >= 4 is 218 Å². The van der Waals surface area contributed by atoms with Crippen molar-refractivity contribution < 1.29 is 117 Å². The molecule has 10 N–H and O–H groups in total. The zero-order valence-electron chi connectivity index (χ0n) is 60.2. The molecule has 39 heteroatoms. The number of thiocarbonyl (C=S) groups is 1. The van der Waals surface area contributed by atoms with Gasteiger partial charge in [-0.05, 0) is 128 Å². The maximum atomic E-state index is 12.0. The average Bonchev–Trinajstić information content (AvgIpc) is 1.74. The smallest absolute Gasteiger partial charge is 0.870 e. The molecule has 110 heavy (non-hydrogen) atoms. The van der Waals surface area contributed by atoms with E-state index in [4.69, 9.17) is 49.5 Å². The number of halogens is 2. The van der Waals surface area contributed by atoms with Crippen molar-refractivity contribution in [3.63, 3.8) is 0 Å². The first-order chi connectivity index (χ1) is 51.1. The number of carbonyl (C=O) groups is 10. The molecule has 0 radical (unpaired) electrons. The second-order valence-corrected chi connectivity index (χ2v) is 30.2. The maximum absolute atomic E-state index is 12.0. The van der Waals surface area contributed by atoms with Crippen LogP contribution in [0.25, 0.3) is 39.5 Å². The van der Waals surface area contributed by atoms with E-state index in [2.05, 4.69) is 50.1 Å². The van der Waals surface area contributed by atoms with Crippen molar-refractivity contribution in [2.24, 2.45) is 17.2 Å². The number of Topliss-reactive ketones (excluding diaryl/α,β-unsaturated/α-hetero) is 4. The van der Waals surface area contributed by atoms with Crippen LogP contribution < -0.4 is 46.8 Å². The third-order valence-corrected chi connectivity index (χ3v) is 22.7. The van der Waals surface area contributed by atoms with E-state index in [1.165, 1.54) is 70.9 Å². The van der Waals surface area contributed by atoms with Crippen molar-refractivity contribution in [3.8, 4) is 39.5 Å². The molecule has 0 saturated heterocycles. The Morgan fingerprint density at radius 3 is 1.14 bits per heavy atom. The number of ether oxygens (including phenoxy) is 4. The Hall–Kier alpha value is -6.28. The van der Waals surface area contributed by atoms with Crippen LogP contribution in [-0.2, 0) is 42.9 Å². The van der Waals surface area contributed by atoms with Crippen LogP contribution in [0, 0.1) is 0 Å². The molecular weight excluding hydrogens is 1730 g/mol. The van der Waals surface area contributed by atoms with E-state index >= 15 is 0 Å². The number of hydrogen-bond donors (Lipinski definition) is 6. The summed E-state index contributed by atoms with van der Waals surface area (Å²) in [7, 11) is 3.78. The summed E-state index contributed by atoms with van der Waals surface area (Å²) >= 11 is 22.7. The standard InChI is InChI=1S/2C15H17NO3S2.C10H9NO2S2.C8H5NO2S2.C6H13NO2.C5H7BrO3.C5H5NOS.C5H5NS2.CH4O.CH4.ClH.Na.H2O/c1-19-14(18)8-4-2-3-6-12(17)11-10-21-15(16-11)13-7-5-9-20-13;17-9-11(18)5-2-1-3-6-13(19)12-10-21-15(16-12)14-7-4-8-20-14;1-2-13-10(12)7-6-15-9(11-7)8-4-3-5-14-8;10-8(11)5-4-13-7(9-5)6-2-1-3-12-6;1-9-6(8)4-2-3-5-7;1-2-9-5(8)4(7)3-6;2*6-5(7)4-2-1-3-8-4;1-2;;;;/h5,7,9-10H,2-4,6,8H2,1H3;4,7-8,10,17H,1-3,5-6,9H2;3-6H,2H2,1H3;1-4H,(H,10,11);2-5,7H2,1H3;2-3H2,1H3;2*1-3H,(H2,6,7);2H,1H3;1H4;1H;;1H2/q;;;;;;;;;;;+1;/p-1. The van der Waals surface area contributed by atoms with Gasteiger partial charge < -0.3 is 56.9 Å². The zero-order valence-corrected chi connectivity index (χ0v) is 73.6. The molecule has 10 aromatic heterocycles. The predicted octanol–water partition coefficient (Wildman–Crippen LogP) is 13.9. The number of esters is 4. The molecule has 10 rings (SSSR count). The van der Waals surface area contributed by atoms with Gasteiger partial charge in [-0.15, -0.1) is 126 Å². The number of methoxy groups -OCH3 is 2. The van der Waals surface area contributed by atoms with Gasteiger partial charge in [-0.2, -0.15) is 0 Å². The number of carboxylic acids is 1. The van der Waals surface area contributed by atoms with Gasteiger partial charge in [0.05, 0.1) is 62.0 Å². The fourth-order valence-electron chi connectivity index (χ4n) is 7.37. The normalized spacial score (nSPS) is 9.46. The molecule has 0 unspecified atom stereocenters. The number of ketones is 4. The quantitative estimate of drug-likeness (QED) is 0.00343. The minimum absolute atomic E-state index is 0. The Morgan fingerprint density at radius 2 is 0.836 bits per heavy atom. The molecule has 1 amide bonds. The molecule has 596 valence electrons. The molecule has 10 heterocycles. The third kappa shape index (κ3) is 45.4. The third-order valence-electron chi connectivity index (χ3n) is 12.5. The van der Waals surface area contributed by atoms with Crippen LogP contribution in [0.1, 0.15) is 161 Å². The van der Waals surface area contributed by atoms with E-state index < -0.39 is 17.7 Å². The molecule has 0 fully saturated rings. The van der Waals surface area contributed by atoms with Crippen molar-refractivity contribution in [1.29, 1.82) is 0 Å². The number of aliphatic hydroxyl groups excluding tert-OH is 2. The number of carboxylic acid groups (broad SMARTS) is 1. The summed E-state index contributed by atoms with van der Waals surface area (Å²) in [6.45, 7) is 4.33. The number of primary amides is 1. The number of thiophene rings is 6. The van der Waals surface area contributed by atoms with Gasteiger partial charge in [0.2, 0.25) is 5.78 Å². The van der Waals surface area contributed by atoms with Gasteiger partial charge in [-0.1, -0.05) is 84.8 Å². The molecule has 10 aromatic rings. The van der Waals surface area contributed by atoms with E-state index in [0.717, 1.165) is 103 Å². The summed E-state index contributed by atoms with van der Waals surface area (Å²) in [4.78, 5) is 133. The molecule has 0 spiro atoms. The van der Waals surface area contributed by atoms with E-state index in [-0.39, 0.29) is 120 Å². The molecule has 0 saturated carbocycles. The first-order valence-corrected chi connectivity index (χ1v) is 42.2. The molecule has 0 atom stereocenters. The molecule has 0 aromatic carbocycles. The fourth-order valence-corrected chi connectivity index (χ4v) is 15.5. The van der Waals surface area contributed by atoms with E-state index in [1.807, 2.05) is 104 Å². The molecule has 0 aliphatic heterocycles. The Balaban J connectivity index is -0.00000121. The first-order valence-electron chi connectivity index (χ1n) is 31.9. The summed E-state index contributed by atoms with van der Waals surface area (Å²) < 4.78 is 18.2. The van der Waals surface area contributed by atoms with Gasteiger partial charge in [0.25, 0.3) is 5.91 Å². The predicted molar refractivity (Wildman–Crippen MR) is 451 cm³/mol. The Morgan fingerprint density at radius 1 is 0.491 bits per heavy atom. The molecule has 25 nitrogen and oxygen atoms in total. The number of rotatable bonds is 31. The number of unbranched alkanes of at least 4 members (excludes halogenated alkanes) is 5. The van der Waals surface area contributed by atoms with Crippen LogP contribution in [0.3, 0.4) is 0 Å². The van der Waals surface area contributed by atoms with Crippen molar-refractivity contribution in [2.45, 2.75) is 105 Å². The maximum Gasteiger partial charge on any atom is 1.00 e. The number of amides is 1. The van der Waals surface area contributed by atoms with Crippen molar-refractivity contribution in [3.05, 3.63) is 159 Å². The second-order valence-electron chi connectivity index (χ2n) is 20.1. The van der Waals surface area contributed by atoms with Crippen LogP contribution in [0.4, 0.5) is 0 Å².